The van der Waals surface area contributed by atoms with Gasteiger partial charge < -0.3 is 10.2 Å². The Morgan fingerprint density at radius 3 is 2.68 bits per heavy atom. The van der Waals surface area contributed by atoms with Gasteiger partial charge in [-0.2, -0.15) is 0 Å². The van der Waals surface area contributed by atoms with Crippen LogP contribution in [-0.4, -0.2) is 36.0 Å². The zero-order valence-electron chi connectivity index (χ0n) is 12.6. The molecule has 108 valence electrons. The summed E-state index contributed by atoms with van der Waals surface area (Å²) in [6.45, 7) is 5.51. The van der Waals surface area contributed by atoms with Gasteiger partial charge in [-0.15, -0.1) is 0 Å². The second-order valence-corrected chi connectivity index (χ2v) is 7.49. The predicted octanol–water partition coefficient (Wildman–Crippen LogP) is 2.41. The Hall–Kier alpha value is -0.570. The topological polar surface area (TPSA) is 32.3 Å². The Bertz CT molecular complexity index is 366. The van der Waals surface area contributed by atoms with Crippen LogP contribution in [0, 0.1) is 17.8 Å². The van der Waals surface area contributed by atoms with Gasteiger partial charge in [0.1, 0.15) is 0 Å². The lowest BCUT2D eigenvalue weighted by atomic mass is 9.94. The van der Waals surface area contributed by atoms with Crippen molar-refractivity contribution in [1.82, 2.24) is 10.2 Å². The van der Waals surface area contributed by atoms with Crippen LogP contribution in [-0.2, 0) is 4.79 Å². The number of carbonyl (C=O) groups excluding carboxylic acids is 1. The summed E-state index contributed by atoms with van der Waals surface area (Å²) in [7, 11) is 1.92. The predicted molar refractivity (Wildman–Crippen MR) is 76.8 cm³/mol. The van der Waals surface area contributed by atoms with Crippen LogP contribution in [0.5, 0.6) is 0 Å². The number of hydrogen-bond donors (Lipinski definition) is 1. The van der Waals surface area contributed by atoms with E-state index in [1.54, 1.807) is 0 Å². The minimum absolute atomic E-state index is 0.0374. The smallest absolute Gasteiger partial charge is 0.240 e. The fourth-order valence-electron chi connectivity index (χ4n) is 4.37. The van der Waals surface area contributed by atoms with E-state index in [2.05, 4.69) is 24.1 Å². The van der Waals surface area contributed by atoms with Crippen LogP contribution < -0.4 is 5.32 Å². The minimum atomic E-state index is 0.0374. The Morgan fingerprint density at radius 2 is 2.11 bits per heavy atom. The molecule has 0 aromatic heterocycles. The Balaban J connectivity index is 1.75. The van der Waals surface area contributed by atoms with Crippen molar-refractivity contribution >= 4 is 5.91 Å². The number of likely N-dealkylation sites (N-methyl/N-ethyl adjacent to an activating group) is 1. The van der Waals surface area contributed by atoms with E-state index in [1.807, 2.05) is 7.05 Å². The third kappa shape index (κ3) is 2.42. The van der Waals surface area contributed by atoms with Gasteiger partial charge in [-0.3, -0.25) is 4.79 Å². The lowest BCUT2D eigenvalue weighted by Crippen LogP contribution is -2.53. The molecule has 1 saturated heterocycles. The van der Waals surface area contributed by atoms with Gasteiger partial charge in [0.2, 0.25) is 5.91 Å². The van der Waals surface area contributed by atoms with E-state index < -0.39 is 0 Å². The van der Waals surface area contributed by atoms with Crippen LogP contribution in [0.2, 0.25) is 0 Å². The average molecular weight is 264 g/mol. The fraction of sp³-hybridized carbons (Fsp3) is 0.938. The molecule has 1 amide bonds. The summed E-state index contributed by atoms with van der Waals surface area (Å²) in [6.07, 6.45) is 7.47. The quantitative estimate of drug-likeness (QED) is 0.849. The highest BCUT2D eigenvalue weighted by atomic mass is 16.2. The van der Waals surface area contributed by atoms with Gasteiger partial charge in [-0.1, -0.05) is 0 Å². The van der Waals surface area contributed by atoms with Gasteiger partial charge in [-0.05, 0) is 77.2 Å². The number of nitrogens with zero attached hydrogens (tertiary/aromatic N) is 1. The van der Waals surface area contributed by atoms with E-state index in [4.69, 9.17) is 0 Å². The molecule has 1 N–H and O–H groups in total. The van der Waals surface area contributed by atoms with Gasteiger partial charge in [0.05, 0.1) is 6.04 Å². The summed E-state index contributed by atoms with van der Waals surface area (Å²) in [6, 6.07) is 0.0400. The number of likely N-dealkylation sites (tertiary alicyclic amines) is 1. The van der Waals surface area contributed by atoms with E-state index in [9.17, 15) is 4.79 Å². The third-order valence-corrected chi connectivity index (χ3v) is 5.83. The molecule has 2 aliphatic carbocycles. The Labute approximate surface area is 117 Å². The molecule has 1 heterocycles. The lowest BCUT2D eigenvalue weighted by molar-refractivity contribution is -0.138. The van der Waals surface area contributed by atoms with Crippen molar-refractivity contribution in [2.24, 2.45) is 17.8 Å². The summed E-state index contributed by atoms with van der Waals surface area (Å²) in [5.74, 6) is 3.08. The first-order chi connectivity index (χ1) is 9.03. The molecular formula is C16H28N2O. The van der Waals surface area contributed by atoms with Crippen LogP contribution in [0.4, 0.5) is 0 Å². The van der Waals surface area contributed by atoms with Crippen molar-refractivity contribution in [1.29, 1.82) is 0 Å². The number of carbonyl (C=O) groups is 1. The number of nitrogens with one attached hydrogen (secondary N) is 1. The maximum atomic E-state index is 12.8. The standard InChI is InChI=1S/C16H28N2O/c1-16(2)8-4-5-14(17-3)15(19)18(16)10-12-7-6-11-9-13(11)12/h11-14,17H,4-10H2,1-3H3. The van der Waals surface area contributed by atoms with E-state index >= 15 is 0 Å². The lowest BCUT2D eigenvalue weighted by Gasteiger charge is -2.40. The molecule has 3 aliphatic rings. The largest absolute Gasteiger partial charge is 0.336 e. The molecule has 3 fully saturated rings. The molecule has 1 aliphatic heterocycles. The molecule has 0 radical (unpaired) electrons. The molecule has 19 heavy (non-hydrogen) atoms. The second-order valence-electron chi connectivity index (χ2n) is 7.49. The zero-order chi connectivity index (χ0) is 13.6. The third-order valence-electron chi connectivity index (χ3n) is 5.83. The molecule has 0 spiro atoms. The van der Waals surface area contributed by atoms with E-state index in [-0.39, 0.29) is 11.6 Å². The molecular weight excluding hydrogens is 236 g/mol. The maximum Gasteiger partial charge on any atom is 0.240 e. The van der Waals surface area contributed by atoms with Crippen molar-refractivity contribution in [2.45, 2.75) is 64.0 Å². The van der Waals surface area contributed by atoms with E-state index in [0.717, 1.165) is 43.6 Å². The molecule has 3 nitrogen and oxygen atoms in total. The second kappa shape index (κ2) is 4.76. The first kappa shape index (κ1) is 13.4. The highest BCUT2D eigenvalue weighted by molar-refractivity contribution is 5.83. The van der Waals surface area contributed by atoms with Crippen molar-refractivity contribution in [3.63, 3.8) is 0 Å². The van der Waals surface area contributed by atoms with Gasteiger partial charge in [0.15, 0.2) is 0 Å². The van der Waals surface area contributed by atoms with Gasteiger partial charge in [-0.25, -0.2) is 0 Å². The first-order valence-electron chi connectivity index (χ1n) is 8.01. The van der Waals surface area contributed by atoms with Crippen molar-refractivity contribution in [3.8, 4) is 0 Å². The Morgan fingerprint density at radius 1 is 1.32 bits per heavy atom. The monoisotopic (exact) mass is 264 g/mol. The summed E-state index contributed by atoms with van der Waals surface area (Å²) in [5.41, 5.74) is 0.0374. The van der Waals surface area contributed by atoms with E-state index in [1.165, 1.54) is 19.3 Å². The highest BCUT2D eigenvalue weighted by Crippen LogP contribution is 2.55. The highest BCUT2D eigenvalue weighted by Gasteiger charge is 2.50. The molecule has 4 unspecified atom stereocenters. The van der Waals surface area contributed by atoms with Crippen molar-refractivity contribution in [2.75, 3.05) is 13.6 Å². The molecule has 3 heteroatoms. The molecule has 2 saturated carbocycles. The van der Waals surface area contributed by atoms with E-state index in [0.29, 0.717) is 5.91 Å². The van der Waals surface area contributed by atoms with Crippen LogP contribution in [0.25, 0.3) is 0 Å². The molecule has 0 aromatic rings. The van der Waals surface area contributed by atoms with Crippen LogP contribution in [0.3, 0.4) is 0 Å². The van der Waals surface area contributed by atoms with Gasteiger partial charge >= 0.3 is 0 Å². The number of hydrogen-bond acceptors (Lipinski definition) is 2. The maximum absolute atomic E-state index is 12.8. The average Bonchev–Trinajstić information content (AvgIpc) is 3.06. The number of rotatable bonds is 3. The zero-order valence-corrected chi connectivity index (χ0v) is 12.6. The van der Waals surface area contributed by atoms with Gasteiger partial charge in [0.25, 0.3) is 0 Å². The number of amides is 1. The fourth-order valence-corrected chi connectivity index (χ4v) is 4.37. The summed E-state index contributed by atoms with van der Waals surface area (Å²) < 4.78 is 0. The summed E-state index contributed by atoms with van der Waals surface area (Å²) >= 11 is 0. The van der Waals surface area contributed by atoms with Crippen LogP contribution in [0.15, 0.2) is 0 Å². The Kier molecular flexibility index (Phi) is 3.36. The van der Waals surface area contributed by atoms with Crippen LogP contribution >= 0.6 is 0 Å². The number of fused-ring (bicyclic) bond motifs is 1. The normalized spacial score (nSPS) is 41.0. The minimum Gasteiger partial charge on any atom is -0.336 e. The summed E-state index contributed by atoms with van der Waals surface area (Å²) in [5, 5.41) is 3.22. The van der Waals surface area contributed by atoms with Gasteiger partial charge in [0, 0.05) is 12.1 Å². The van der Waals surface area contributed by atoms with Crippen molar-refractivity contribution in [3.05, 3.63) is 0 Å². The molecule has 0 aromatic carbocycles. The van der Waals surface area contributed by atoms with Crippen LogP contribution in [0.1, 0.15) is 52.4 Å². The molecule has 4 atom stereocenters. The summed E-state index contributed by atoms with van der Waals surface area (Å²) in [4.78, 5) is 15.0. The SMILES string of the molecule is CNC1CCCC(C)(C)N(CC2CCC3CC32)C1=O. The molecule has 0 bridgehead atoms. The molecule has 3 rings (SSSR count). The first-order valence-corrected chi connectivity index (χ1v) is 8.01. The van der Waals surface area contributed by atoms with Crippen molar-refractivity contribution < 1.29 is 4.79 Å².